The number of likely N-dealkylation sites (tertiary alicyclic amines) is 2. The molecule has 17 heteroatoms. The molecule has 3 atom stereocenters. The maximum Gasteiger partial charge on any atom is 0.280 e. The van der Waals surface area contributed by atoms with E-state index in [9.17, 15) is 24.0 Å². The first-order valence-electron chi connectivity index (χ1n) is 20.1. The van der Waals surface area contributed by atoms with Crippen LogP contribution in [-0.4, -0.2) is 126 Å². The van der Waals surface area contributed by atoms with Gasteiger partial charge in [0.15, 0.2) is 0 Å². The topological polar surface area (TPSA) is 146 Å². The van der Waals surface area contributed by atoms with Crippen molar-refractivity contribution < 1.29 is 37.4 Å². The zero-order chi connectivity index (χ0) is 42.6. The second-order valence-electron chi connectivity index (χ2n) is 16.4. The first-order chi connectivity index (χ1) is 28.7. The quantitative estimate of drug-likeness (QED) is 0.223. The second-order valence-corrected chi connectivity index (χ2v) is 17.4. The highest BCUT2D eigenvalue weighted by Crippen LogP contribution is 2.42. The van der Waals surface area contributed by atoms with Gasteiger partial charge < -0.3 is 29.2 Å². The SMILES string of the molecule is COc1cc(-c2cn(C)c(=O)c3cc(C(=O)N[C@@H]4CCN(C5CCN(C6c7ccccc7C(=O)N6C6CCC(=O)NC6=O)CC5)CC4(F)F)sc23)cc(OC)c1CN(C)C. The minimum atomic E-state index is -3.23. The summed E-state index contributed by atoms with van der Waals surface area (Å²) in [5.74, 6) is -3.82. The van der Waals surface area contributed by atoms with Crippen LogP contribution in [0.4, 0.5) is 8.78 Å². The number of halogens is 2. The van der Waals surface area contributed by atoms with Gasteiger partial charge in [0.25, 0.3) is 23.3 Å². The predicted molar refractivity (Wildman–Crippen MR) is 222 cm³/mol. The highest BCUT2D eigenvalue weighted by Gasteiger charge is 2.50. The molecule has 8 rings (SSSR count). The molecule has 318 valence electrons. The molecule has 4 aromatic rings. The van der Waals surface area contributed by atoms with Gasteiger partial charge in [-0.3, -0.25) is 39.1 Å². The van der Waals surface area contributed by atoms with Crippen LogP contribution < -0.4 is 25.7 Å². The predicted octanol–water partition coefficient (Wildman–Crippen LogP) is 4.21. The molecule has 2 aromatic carbocycles. The Balaban J connectivity index is 0.953. The Bertz CT molecular complexity index is 2400. The van der Waals surface area contributed by atoms with Gasteiger partial charge in [0, 0.05) is 73.3 Å². The lowest BCUT2D eigenvalue weighted by molar-refractivity contribution is -0.138. The number of imide groups is 1. The number of carbonyl (C=O) groups is 4. The number of carbonyl (C=O) groups excluding carboxylic acids is 4. The molecule has 0 aliphatic carbocycles. The number of thiophene rings is 1. The molecule has 0 radical (unpaired) electrons. The minimum absolute atomic E-state index is 0.0313. The van der Waals surface area contributed by atoms with Gasteiger partial charge in [0.05, 0.1) is 42.6 Å². The second kappa shape index (κ2) is 16.3. The fourth-order valence-electron chi connectivity index (χ4n) is 9.31. The van der Waals surface area contributed by atoms with Crippen molar-refractivity contribution in [2.75, 3.05) is 54.5 Å². The summed E-state index contributed by atoms with van der Waals surface area (Å²) in [4.78, 5) is 73.3. The summed E-state index contributed by atoms with van der Waals surface area (Å²) < 4.78 is 45.5. The van der Waals surface area contributed by atoms with Crippen LogP contribution in [-0.2, 0) is 23.2 Å². The summed E-state index contributed by atoms with van der Waals surface area (Å²) in [6.45, 7) is 1.41. The van der Waals surface area contributed by atoms with Crippen molar-refractivity contribution in [2.24, 2.45) is 7.05 Å². The van der Waals surface area contributed by atoms with E-state index in [4.69, 9.17) is 9.47 Å². The number of pyridine rings is 1. The van der Waals surface area contributed by atoms with Crippen LogP contribution in [0.3, 0.4) is 0 Å². The number of piperidine rings is 3. The van der Waals surface area contributed by atoms with Gasteiger partial charge in [-0.2, -0.15) is 0 Å². The highest BCUT2D eigenvalue weighted by atomic mass is 32.1. The van der Waals surface area contributed by atoms with E-state index in [1.807, 2.05) is 43.3 Å². The average molecular weight is 846 g/mol. The van der Waals surface area contributed by atoms with Crippen molar-refractivity contribution in [2.45, 2.75) is 68.9 Å². The Hall–Kier alpha value is -5.23. The third-order valence-corrected chi connectivity index (χ3v) is 13.4. The number of aryl methyl sites for hydroxylation is 1. The van der Waals surface area contributed by atoms with Crippen molar-refractivity contribution in [3.63, 3.8) is 0 Å². The van der Waals surface area contributed by atoms with Gasteiger partial charge >= 0.3 is 0 Å². The molecule has 2 N–H and O–H groups in total. The largest absolute Gasteiger partial charge is 0.496 e. The first-order valence-corrected chi connectivity index (χ1v) is 21.0. The number of alkyl halides is 2. The van der Waals surface area contributed by atoms with Crippen LogP contribution in [0.2, 0.25) is 0 Å². The molecule has 6 heterocycles. The third kappa shape index (κ3) is 7.56. The number of fused-ring (bicyclic) bond motifs is 2. The number of rotatable bonds is 10. The number of hydrogen-bond acceptors (Lipinski definition) is 11. The fraction of sp³-hybridized carbons (Fsp3) is 0.465. The molecule has 3 fully saturated rings. The Labute approximate surface area is 350 Å². The number of ether oxygens (including phenoxy) is 2. The Kier molecular flexibility index (Phi) is 11.3. The van der Waals surface area contributed by atoms with Gasteiger partial charge in [-0.15, -0.1) is 11.3 Å². The van der Waals surface area contributed by atoms with Crippen molar-refractivity contribution in [1.82, 2.24) is 34.8 Å². The van der Waals surface area contributed by atoms with Gasteiger partial charge in [0.2, 0.25) is 11.8 Å². The fourth-order valence-corrected chi connectivity index (χ4v) is 10.4. The Morgan fingerprint density at radius 1 is 0.950 bits per heavy atom. The van der Waals surface area contributed by atoms with E-state index in [0.717, 1.165) is 22.5 Å². The lowest BCUT2D eigenvalue weighted by Crippen LogP contribution is -2.61. The van der Waals surface area contributed by atoms with Crippen LogP contribution in [0.5, 0.6) is 11.5 Å². The normalized spacial score (nSPS) is 22.6. The van der Waals surface area contributed by atoms with Crippen molar-refractivity contribution in [3.05, 3.63) is 80.6 Å². The molecule has 14 nitrogen and oxygen atoms in total. The van der Waals surface area contributed by atoms with Gasteiger partial charge in [0.1, 0.15) is 23.7 Å². The number of nitrogens with one attached hydrogen (secondary N) is 2. The smallest absolute Gasteiger partial charge is 0.280 e. The number of aromatic nitrogens is 1. The van der Waals surface area contributed by atoms with Crippen molar-refractivity contribution in [1.29, 1.82) is 0 Å². The number of nitrogens with zero attached hydrogens (tertiary/aromatic N) is 5. The zero-order valence-corrected chi connectivity index (χ0v) is 35.1. The van der Waals surface area contributed by atoms with Crippen LogP contribution in [0.15, 0.2) is 53.5 Å². The van der Waals surface area contributed by atoms with Crippen LogP contribution in [0.25, 0.3) is 21.2 Å². The molecular weight excluding hydrogens is 797 g/mol. The summed E-state index contributed by atoms with van der Waals surface area (Å²) in [7, 11) is 8.65. The van der Waals surface area contributed by atoms with E-state index in [1.165, 1.54) is 10.6 Å². The maximum absolute atomic E-state index is 16.0. The number of amides is 4. The van der Waals surface area contributed by atoms with E-state index >= 15 is 8.78 Å². The van der Waals surface area contributed by atoms with Crippen molar-refractivity contribution >= 4 is 45.1 Å². The summed E-state index contributed by atoms with van der Waals surface area (Å²) in [6, 6.07) is 10.1. The van der Waals surface area contributed by atoms with E-state index in [1.54, 1.807) is 49.4 Å². The highest BCUT2D eigenvalue weighted by molar-refractivity contribution is 7.21. The maximum atomic E-state index is 16.0. The van der Waals surface area contributed by atoms with E-state index < -0.39 is 42.5 Å². The number of hydrogen-bond donors (Lipinski definition) is 2. The molecule has 4 aliphatic heterocycles. The van der Waals surface area contributed by atoms with E-state index in [2.05, 4.69) is 15.5 Å². The monoisotopic (exact) mass is 845 g/mol. The number of benzene rings is 2. The molecule has 0 spiro atoms. The molecule has 4 amide bonds. The molecule has 3 saturated heterocycles. The van der Waals surface area contributed by atoms with Gasteiger partial charge in [-0.25, -0.2) is 8.78 Å². The van der Waals surface area contributed by atoms with Crippen LogP contribution >= 0.6 is 11.3 Å². The molecule has 60 heavy (non-hydrogen) atoms. The Morgan fingerprint density at radius 3 is 2.28 bits per heavy atom. The summed E-state index contributed by atoms with van der Waals surface area (Å²) >= 11 is 1.08. The molecule has 0 saturated carbocycles. The molecular formula is C43H49F2N7O7S. The average Bonchev–Trinajstić information content (AvgIpc) is 3.80. The first kappa shape index (κ1) is 41.5. The lowest BCUT2D eigenvalue weighted by Gasteiger charge is -2.47. The van der Waals surface area contributed by atoms with E-state index in [0.29, 0.717) is 77.3 Å². The van der Waals surface area contributed by atoms with E-state index in [-0.39, 0.29) is 47.6 Å². The lowest BCUT2D eigenvalue weighted by atomic mass is 9.94. The van der Waals surface area contributed by atoms with Crippen LogP contribution in [0.1, 0.15) is 69.4 Å². The Morgan fingerprint density at radius 2 is 1.63 bits per heavy atom. The van der Waals surface area contributed by atoms with Gasteiger partial charge in [-0.05, 0) is 69.6 Å². The summed E-state index contributed by atoms with van der Waals surface area (Å²) in [5.41, 5.74) is 3.22. The summed E-state index contributed by atoms with van der Waals surface area (Å²) in [6.07, 6.45) is 2.72. The molecule has 0 bridgehead atoms. The summed E-state index contributed by atoms with van der Waals surface area (Å²) in [5, 5.41) is 5.29. The minimum Gasteiger partial charge on any atom is -0.496 e. The molecule has 4 aliphatic rings. The standard InChI is InChI=1S/C43H49F2N7O7S/c1-48(2)21-30-32(58-4)18-24(19-33(30)59-5)29-22-49(3)41(56)28-20-34(60-37(28)29)39(55)46-35-14-17-51(23-43(35,44)45)25-12-15-50(16-13-25)40-26-8-6-7-9-27(26)42(57)52(40)31-10-11-36(53)47-38(31)54/h6-9,18-20,22,25,31,35,40H,10-17,21,23H2,1-5H3,(H,46,55)(H,47,53,54)/t31?,35-,40?/m1/s1. The third-order valence-electron chi connectivity index (χ3n) is 12.3. The van der Waals surface area contributed by atoms with Gasteiger partial charge in [-0.1, -0.05) is 18.2 Å². The van der Waals surface area contributed by atoms with Crippen molar-refractivity contribution in [3.8, 4) is 22.6 Å². The molecule has 2 unspecified atom stereocenters. The zero-order valence-electron chi connectivity index (χ0n) is 34.3. The van der Waals surface area contributed by atoms with Crippen LogP contribution in [0, 0.1) is 0 Å². The molecule has 2 aromatic heterocycles. The number of methoxy groups -OCH3 is 2.